The molecule has 1 aliphatic heterocycles. The van der Waals surface area contributed by atoms with Crippen molar-refractivity contribution in [1.29, 1.82) is 0 Å². The van der Waals surface area contributed by atoms with Crippen LogP contribution < -0.4 is 10.0 Å². The van der Waals surface area contributed by atoms with E-state index < -0.39 is 10.0 Å². The molecule has 1 amide bonds. The standard InChI is InChI=1S/C16H24N2O4S/c1-13(18-16(19)14-6-5-11-22-12-14)9-10-17-23(20,21)15-7-3-2-4-8-15/h2-4,7-8,13-14,17H,5-6,9-12H2,1H3,(H,18,19)/t13-,14-/m0/s1. The number of amides is 1. The van der Waals surface area contributed by atoms with Crippen molar-refractivity contribution >= 4 is 15.9 Å². The number of hydrogen-bond acceptors (Lipinski definition) is 4. The van der Waals surface area contributed by atoms with Gasteiger partial charge in [-0.15, -0.1) is 0 Å². The highest BCUT2D eigenvalue weighted by molar-refractivity contribution is 7.89. The van der Waals surface area contributed by atoms with Crippen LogP contribution in [-0.4, -0.2) is 40.1 Å². The first-order valence-corrected chi connectivity index (χ1v) is 9.40. The normalized spacial score (nSPS) is 20.0. The van der Waals surface area contributed by atoms with Crippen molar-refractivity contribution in [3.63, 3.8) is 0 Å². The fraction of sp³-hybridized carbons (Fsp3) is 0.562. The second-order valence-electron chi connectivity index (χ2n) is 5.82. The third kappa shape index (κ3) is 5.60. The molecular weight excluding hydrogens is 316 g/mol. The van der Waals surface area contributed by atoms with Gasteiger partial charge in [0.2, 0.25) is 15.9 Å². The zero-order valence-electron chi connectivity index (χ0n) is 13.3. The maximum absolute atomic E-state index is 12.1. The first kappa shape index (κ1) is 17.9. The summed E-state index contributed by atoms with van der Waals surface area (Å²) in [5.74, 6) is -0.102. The summed E-state index contributed by atoms with van der Waals surface area (Å²) in [5, 5.41) is 2.92. The summed E-state index contributed by atoms with van der Waals surface area (Å²) >= 11 is 0. The van der Waals surface area contributed by atoms with Gasteiger partial charge in [0, 0.05) is 19.2 Å². The van der Waals surface area contributed by atoms with Gasteiger partial charge in [0.15, 0.2) is 0 Å². The molecule has 1 aromatic carbocycles. The van der Waals surface area contributed by atoms with Crippen molar-refractivity contribution in [1.82, 2.24) is 10.0 Å². The van der Waals surface area contributed by atoms with E-state index in [1.165, 1.54) is 0 Å². The van der Waals surface area contributed by atoms with E-state index in [4.69, 9.17) is 4.74 Å². The van der Waals surface area contributed by atoms with Gasteiger partial charge in [0.1, 0.15) is 0 Å². The maximum Gasteiger partial charge on any atom is 0.240 e. The van der Waals surface area contributed by atoms with Gasteiger partial charge in [-0.2, -0.15) is 0 Å². The van der Waals surface area contributed by atoms with Gasteiger partial charge in [-0.3, -0.25) is 4.79 Å². The molecule has 2 N–H and O–H groups in total. The van der Waals surface area contributed by atoms with Crippen LogP contribution >= 0.6 is 0 Å². The summed E-state index contributed by atoms with van der Waals surface area (Å²) < 4.78 is 32.0. The number of hydrogen-bond donors (Lipinski definition) is 2. The lowest BCUT2D eigenvalue weighted by Gasteiger charge is -2.23. The lowest BCUT2D eigenvalue weighted by molar-refractivity contribution is -0.129. The summed E-state index contributed by atoms with van der Waals surface area (Å²) in [5.41, 5.74) is 0. The maximum atomic E-state index is 12.1. The quantitative estimate of drug-likeness (QED) is 0.783. The molecule has 1 saturated heterocycles. The first-order valence-electron chi connectivity index (χ1n) is 7.92. The summed E-state index contributed by atoms with van der Waals surface area (Å²) in [4.78, 5) is 12.3. The second-order valence-corrected chi connectivity index (χ2v) is 7.59. The molecule has 2 rings (SSSR count). The van der Waals surface area contributed by atoms with E-state index in [-0.39, 0.29) is 29.3 Å². The Hall–Kier alpha value is -1.44. The minimum absolute atomic E-state index is 0.0110. The molecule has 0 unspecified atom stereocenters. The largest absolute Gasteiger partial charge is 0.381 e. The molecule has 7 heteroatoms. The number of nitrogens with one attached hydrogen (secondary N) is 2. The molecule has 0 saturated carbocycles. The van der Waals surface area contributed by atoms with E-state index in [2.05, 4.69) is 10.0 Å². The lowest BCUT2D eigenvalue weighted by atomic mass is 10.0. The fourth-order valence-electron chi connectivity index (χ4n) is 2.47. The van der Waals surface area contributed by atoms with Gasteiger partial charge >= 0.3 is 0 Å². The Kier molecular flexibility index (Phi) is 6.56. The van der Waals surface area contributed by atoms with Crippen LogP contribution in [-0.2, 0) is 19.6 Å². The Bertz CT molecular complexity index is 598. The topological polar surface area (TPSA) is 84.5 Å². The average molecular weight is 340 g/mol. The SMILES string of the molecule is C[C@@H](CCNS(=O)(=O)c1ccccc1)NC(=O)[C@H]1CCCOC1. The highest BCUT2D eigenvalue weighted by Crippen LogP contribution is 2.14. The van der Waals surface area contributed by atoms with Crippen LogP contribution in [0.3, 0.4) is 0 Å². The number of benzene rings is 1. The predicted molar refractivity (Wildman–Crippen MR) is 87.4 cm³/mol. The first-order chi connectivity index (χ1) is 11.0. The van der Waals surface area contributed by atoms with E-state index in [9.17, 15) is 13.2 Å². The Labute approximate surface area is 137 Å². The van der Waals surface area contributed by atoms with Gasteiger partial charge in [0.25, 0.3) is 0 Å². The molecule has 6 nitrogen and oxygen atoms in total. The number of sulfonamides is 1. The summed E-state index contributed by atoms with van der Waals surface area (Å²) in [6.07, 6.45) is 2.29. The highest BCUT2D eigenvalue weighted by atomic mass is 32.2. The summed E-state index contributed by atoms with van der Waals surface area (Å²) in [6, 6.07) is 8.15. The Morgan fingerprint density at radius 3 is 2.74 bits per heavy atom. The lowest BCUT2D eigenvalue weighted by Crippen LogP contribution is -2.41. The third-order valence-electron chi connectivity index (χ3n) is 3.84. The number of carbonyl (C=O) groups excluding carboxylic acids is 1. The van der Waals surface area contributed by atoms with E-state index in [1.54, 1.807) is 30.3 Å². The van der Waals surface area contributed by atoms with Crippen LogP contribution in [0.25, 0.3) is 0 Å². The van der Waals surface area contributed by atoms with Crippen molar-refractivity contribution in [2.75, 3.05) is 19.8 Å². The molecule has 128 valence electrons. The molecule has 1 aromatic rings. The van der Waals surface area contributed by atoms with Gasteiger partial charge in [-0.1, -0.05) is 18.2 Å². The van der Waals surface area contributed by atoms with E-state index >= 15 is 0 Å². The fourth-order valence-corrected chi connectivity index (χ4v) is 3.54. The van der Waals surface area contributed by atoms with Crippen LogP contribution in [0.5, 0.6) is 0 Å². The van der Waals surface area contributed by atoms with Crippen LogP contribution in [0.4, 0.5) is 0 Å². The van der Waals surface area contributed by atoms with Crippen LogP contribution in [0.2, 0.25) is 0 Å². The van der Waals surface area contributed by atoms with Crippen molar-refractivity contribution in [2.45, 2.75) is 37.1 Å². The Morgan fingerprint density at radius 1 is 1.35 bits per heavy atom. The molecule has 1 fully saturated rings. The zero-order chi connectivity index (χ0) is 16.7. The molecule has 0 aliphatic carbocycles. The van der Waals surface area contributed by atoms with Gasteiger partial charge in [-0.25, -0.2) is 13.1 Å². The van der Waals surface area contributed by atoms with Crippen molar-refractivity contribution in [3.8, 4) is 0 Å². The Balaban J connectivity index is 1.74. The van der Waals surface area contributed by atoms with E-state index in [0.29, 0.717) is 13.0 Å². The van der Waals surface area contributed by atoms with Crippen LogP contribution in [0.15, 0.2) is 35.2 Å². The monoisotopic (exact) mass is 340 g/mol. The number of rotatable bonds is 7. The van der Waals surface area contributed by atoms with E-state index in [0.717, 1.165) is 19.4 Å². The minimum Gasteiger partial charge on any atom is -0.381 e. The van der Waals surface area contributed by atoms with E-state index in [1.807, 2.05) is 6.92 Å². The summed E-state index contributed by atoms with van der Waals surface area (Å²) in [7, 11) is -3.49. The van der Waals surface area contributed by atoms with Crippen molar-refractivity contribution in [2.24, 2.45) is 5.92 Å². The number of carbonyl (C=O) groups is 1. The van der Waals surface area contributed by atoms with Crippen molar-refractivity contribution < 1.29 is 17.9 Å². The molecule has 0 radical (unpaired) electrons. The molecule has 1 heterocycles. The Morgan fingerprint density at radius 2 is 2.09 bits per heavy atom. The van der Waals surface area contributed by atoms with Crippen LogP contribution in [0, 0.1) is 5.92 Å². The molecule has 1 aliphatic rings. The molecule has 0 spiro atoms. The zero-order valence-corrected chi connectivity index (χ0v) is 14.1. The highest BCUT2D eigenvalue weighted by Gasteiger charge is 2.23. The molecule has 0 aromatic heterocycles. The minimum atomic E-state index is -3.49. The molecule has 23 heavy (non-hydrogen) atoms. The van der Waals surface area contributed by atoms with Crippen LogP contribution in [0.1, 0.15) is 26.2 Å². The molecular formula is C16H24N2O4S. The van der Waals surface area contributed by atoms with Gasteiger partial charge in [-0.05, 0) is 38.3 Å². The second kappa shape index (κ2) is 8.42. The smallest absolute Gasteiger partial charge is 0.240 e. The molecule has 2 atom stereocenters. The molecule has 0 bridgehead atoms. The third-order valence-corrected chi connectivity index (χ3v) is 5.32. The van der Waals surface area contributed by atoms with Gasteiger partial charge in [0.05, 0.1) is 17.4 Å². The predicted octanol–water partition coefficient (Wildman–Crippen LogP) is 1.29. The summed E-state index contributed by atoms with van der Waals surface area (Å²) in [6.45, 7) is 3.35. The average Bonchev–Trinajstić information content (AvgIpc) is 2.56. The number of ether oxygens (including phenoxy) is 1. The van der Waals surface area contributed by atoms with Gasteiger partial charge < -0.3 is 10.1 Å². The van der Waals surface area contributed by atoms with Crippen molar-refractivity contribution in [3.05, 3.63) is 30.3 Å².